The van der Waals surface area contributed by atoms with Crippen molar-refractivity contribution in [2.45, 2.75) is 0 Å². The van der Waals surface area contributed by atoms with Crippen LogP contribution in [0.4, 0.5) is 0 Å². The Morgan fingerprint density at radius 3 is 2.53 bits per heavy atom. The van der Waals surface area contributed by atoms with E-state index < -0.39 is 0 Å². The molecule has 0 heterocycles. The van der Waals surface area contributed by atoms with Crippen LogP contribution in [0.3, 0.4) is 0 Å². The monoisotopic (exact) mass is 276 g/mol. The molecule has 3 nitrogen and oxygen atoms in total. The number of benzene rings is 2. The van der Waals surface area contributed by atoms with Crippen LogP contribution in [-0.4, -0.2) is 20.0 Å². The van der Waals surface area contributed by atoms with Gasteiger partial charge in [-0.2, -0.15) is 0 Å². The molecule has 0 aromatic heterocycles. The third-order valence-corrected chi connectivity index (χ3v) is 2.97. The van der Waals surface area contributed by atoms with E-state index in [9.17, 15) is 4.79 Å². The van der Waals surface area contributed by atoms with E-state index in [0.29, 0.717) is 27.6 Å². The molecule has 2 rings (SSSR count). The lowest BCUT2D eigenvalue weighted by Crippen LogP contribution is -2.04. The molecule has 0 radical (unpaired) electrons. The lowest BCUT2D eigenvalue weighted by atomic mass is 10.0. The summed E-state index contributed by atoms with van der Waals surface area (Å²) in [4.78, 5) is 12.5. The summed E-state index contributed by atoms with van der Waals surface area (Å²) in [7, 11) is 3.08. The standard InChI is InChI=1S/C15H13ClO3/c1-18-12-5-3-4-10(8-12)15(17)13-9-11(16)6-7-14(13)19-2/h3-9H,1-2H3. The highest BCUT2D eigenvalue weighted by Gasteiger charge is 2.15. The van der Waals surface area contributed by atoms with Crippen LogP contribution in [0, 0.1) is 0 Å². The number of hydrogen-bond acceptors (Lipinski definition) is 3. The first-order chi connectivity index (χ1) is 9.15. The Bertz CT molecular complexity index is 608. The number of carbonyl (C=O) groups excluding carboxylic acids is 1. The van der Waals surface area contributed by atoms with Crippen LogP contribution in [0.25, 0.3) is 0 Å². The fraction of sp³-hybridized carbons (Fsp3) is 0.133. The van der Waals surface area contributed by atoms with Gasteiger partial charge < -0.3 is 9.47 Å². The largest absolute Gasteiger partial charge is 0.497 e. The topological polar surface area (TPSA) is 35.5 Å². The van der Waals surface area contributed by atoms with Crippen molar-refractivity contribution in [2.24, 2.45) is 0 Å². The lowest BCUT2D eigenvalue weighted by molar-refractivity contribution is 0.103. The summed E-state index contributed by atoms with van der Waals surface area (Å²) in [6.45, 7) is 0. The van der Waals surface area contributed by atoms with Crippen LogP contribution in [0.5, 0.6) is 11.5 Å². The zero-order valence-corrected chi connectivity index (χ0v) is 11.4. The molecule has 0 aliphatic carbocycles. The highest BCUT2D eigenvalue weighted by atomic mass is 35.5. The van der Waals surface area contributed by atoms with E-state index >= 15 is 0 Å². The van der Waals surface area contributed by atoms with Gasteiger partial charge in [-0.1, -0.05) is 23.7 Å². The van der Waals surface area contributed by atoms with Crippen molar-refractivity contribution in [3.63, 3.8) is 0 Å². The average Bonchev–Trinajstić information content (AvgIpc) is 2.46. The van der Waals surface area contributed by atoms with E-state index in [2.05, 4.69) is 0 Å². The lowest BCUT2D eigenvalue weighted by Gasteiger charge is -2.09. The molecule has 0 aliphatic heterocycles. The number of ketones is 1. The van der Waals surface area contributed by atoms with Crippen molar-refractivity contribution < 1.29 is 14.3 Å². The summed E-state index contributed by atoms with van der Waals surface area (Å²) in [6.07, 6.45) is 0. The highest BCUT2D eigenvalue weighted by molar-refractivity contribution is 6.31. The first kappa shape index (κ1) is 13.4. The number of methoxy groups -OCH3 is 2. The minimum absolute atomic E-state index is 0.154. The third-order valence-electron chi connectivity index (χ3n) is 2.74. The third kappa shape index (κ3) is 2.88. The molecule has 2 aromatic carbocycles. The Labute approximate surface area is 116 Å². The molecular weight excluding hydrogens is 264 g/mol. The maximum atomic E-state index is 12.5. The molecule has 4 heteroatoms. The van der Waals surface area contributed by atoms with Crippen molar-refractivity contribution in [1.29, 1.82) is 0 Å². The fourth-order valence-electron chi connectivity index (χ4n) is 1.78. The summed E-state index contributed by atoms with van der Waals surface area (Å²) >= 11 is 5.93. The van der Waals surface area contributed by atoms with Gasteiger partial charge in [0.15, 0.2) is 5.78 Å². The van der Waals surface area contributed by atoms with Crippen molar-refractivity contribution in [2.75, 3.05) is 14.2 Å². The van der Waals surface area contributed by atoms with E-state index in [1.165, 1.54) is 7.11 Å². The predicted molar refractivity (Wildman–Crippen MR) is 74.4 cm³/mol. The van der Waals surface area contributed by atoms with Crippen molar-refractivity contribution in [3.8, 4) is 11.5 Å². The zero-order chi connectivity index (χ0) is 13.8. The number of halogens is 1. The second kappa shape index (κ2) is 5.76. The molecular formula is C15H13ClO3. The molecule has 0 fully saturated rings. The van der Waals surface area contributed by atoms with Crippen molar-refractivity contribution in [3.05, 3.63) is 58.6 Å². The fourth-order valence-corrected chi connectivity index (χ4v) is 1.95. The molecule has 0 aliphatic rings. The Hall–Kier alpha value is -2.00. The maximum absolute atomic E-state index is 12.5. The van der Waals surface area contributed by atoms with Gasteiger partial charge in [0.2, 0.25) is 0 Å². The molecule has 98 valence electrons. The molecule has 0 N–H and O–H groups in total. The van der Waals surface area contributed by atoms with E-state index in [-0.39, 0.29) is 5.78 Å². The molecule has 0 bridgehead atoms. The number of rotatable bonds is 4. The van der Waals surface area contributed by atoms with Gasteiger partial charge >= 0.3 is 0 Å². The van der Waals surface area contributed by atoms with Gasteiger partial charge in [-0.25, -0.2) is 0 Å². The second-order valence-electron chi connectivity index (χ2n) is 3.91. The molecule has 0 amide bonds. The SMILES string of the molecule is COc1cccc(C(=O)c2cc(Cl)ccc2OC)c1. The average molecular weight is 277 g/mol. The molecule has 19 heavy (non-hydrogen) atoms. The molecule has 0 spiro atoms. The van der Waals surface area contributed by atoms with Gasteiger partial charge in [0.1, 0.15) is 11.5 Å². The Balaban J connectivity index is 2.46. The number of hydrogen-bond donors (Lipinski definition) is 0. The Morgan fingerprint density at radius 2 is 1.84 bits per heavy atom. The van der Waals surface area contributed by atoms with Crippen LogP contribution in [-0.2, 0) is 0 Å². The van der Waals surface area contributed by atoms with Crippen LogP contribution in [0.15, 0.2) is 42.5 Å². The number of ether oxygens (including phenoxy) is 2. The molecule has 0 unspecified atom stereocenters. The van der Waals surface area contributed by atoms with Crippen LogP contribution in [0.2, 0.25) is 5.02 Å². The van der Waals surface area contributed by atoms with E-state index in [1.54, 1.807) is 49.6 Å². The van der Waals surface area contributed by atoms with Crippen molar-refractivity contribution >= 4 is 17.4 Å². The van der Waals surface area contributed by atoms with Crippen LogP contribution < -0.4 is 9.47 Å². The normalized spacial score (nSPS) is 10.1. The minimum atomic E-state index is -0.154. The first-order valence-corrected chi connectivity index (χ1v) is 6.06. The summed E-state index contributed by atoms with van der Waals surface area (Å²) in [5, 5.41) is 0.493. The van der Waals surface area contributed by atoms with Crippen LogP contribution in [0.1, 0.15) is 15.9 Å². The second-order valence-corrected chi connectivity index (χ2v) is 4.34. The number of carbonyl (C=O) groups is 1. The van der Waals surface area contributed by atoms with Gasteiger partial charge in [0, 0.05) is 10.6 Å². The van der Waals surface area contributed by atoms with Gasteiger partial charge in [-0.15, -0.1) is 0 Å². The summed E-state index contributed by atoms with van der Waals surface area (Å²) in [6, 6.07) is 11.9. The van der Waals surface area contributed by atoms with Gasteiger partial charge in [0.25, 0.3) is 0 Å². The Morgan fingerprint density at radius 1 is 1.05 bits per heavy atom. The van der Waals surface area contributed by atoms with Gasteiger partial charge in [0.05, 0.1) is 19.8 Å². The minimum Gasteiger partial charge on any atom is -0.497 e. The highest BCUT2D eigenvalue weighted by Crippen LogP contribution is 2.26. The molecule has 0 saturated carbocycles. The van der Waals surface area contributed by atoms with Gasteiger partial charge in [-0.3, -0.25) is 4.79 Å². The van der Waals surface area contributed by atoms with E-state index in [0.717, 1.165) is 0 Å². The molecule has 0 saturated heterocycles. The molecule has 0 atom stereocenters. The van der Waals surface area contributed by atoms with Crippen LogP contribution >= 0.6 is 11.6 Å². The Kier molecular flexibility index (Phi) is 4.07. The first-order valence-electron chi connectivity index (χ1n) is 5.68. The maximum Gasteiger partial charge on any atom is 0.196 e. The predicted octanol–water partition coefficient (Wildman–Crippen LogP) is 3.59. The van der Waals surface area contributed by atoms with Crippen molar-refractivity contribution in [1.82, 2.24) is 0 Å². The van der Waals surface area contributed by atoms with E-state index in [4.69, 9.17) is 21.1 Å². The summed E-state index contributed by atoms with van der Waals surface area (Å²) in [5.41, 5.74) is 0.961. The summed E-state index contributed by atoms with van der Waals surface area (Å²) < 4.78 is 10.3. The molecule has 2 aromatic rings. The summed E-state index contributed by atoms with van der Waals surface area (Å²) in [5.74, 6) is 0.974. The van der Waals surface area contributed by atoms with Gasteiger partial charge in [-0.05, 0) is 30.3 Å². The quantitative estimate of drug-likeness (QED) is 0.801. The smallest absolute Gasteiger partial charge is 0.196 e. The zero-order valence-electron chi connectivity index (χ0n) is 10.6. The van der Waals surface area contributed by atoms with E-state index in [1.807, 2.05) is 0 Å².